The van der Waals surface area contributed by atoms with Crippen LogP contribution in [0, 0.1) is 6.92 Å². The third-order valence-corrected chi connectivity index (χ3v) is 3.93. The Morgan fingerprint density at radius 2 is 1.92 bits per heavy atom. The third kappa shape index (κ3) is 5.35. The average Bonchev–Trinajstić information content (AvgIpc) is 2.63. The van der Waals surface area contributed by atoms with Gasteiger partial charge in [-0.05, 0) is 48.7 Å². The quantitative estimate of drug-likeness (QED) is 0.812. The number of rotatable bonds is 7. The maximum atomic E-state index is 12.3. The topological polar surface area (TPSA) is 67.4 Å². The average molecular weight is 340 g/mol. The van der Waals surface area contributed by atoms with Crippen molar-refractivity contribution in [2.24, 2.45) is 0 Å². The highest BCUT2D eigenvalue weighted by Gasteiger charge is 2.09. The molecule has 0 radical (unpaired) electrons. The molecule has 132 valence electrons. The molecule has 2 rings (SSSR count). The van der Waals surface area contributed by atoms with Crippen molar-refractivity contribution in [1.82, 2.24) is 5.32 Å². The van der Waals surface area contributed by atoms with Gasteiger partial charge in [-0.1, -0.05) is 25.1 Å². The molecule has 0 aliphatic carbocycles. The van der Waals surface area contributed by atoms with E-state index in [0.29, 0.717) is 30.6 Å². The Morgan fingerprint density at radius 3 is 2.64 bits per heavy atom. The lowest BCUT2D eigenvalue weighted by molar-refractivity contribution is -0.115. The van der Waals surface area contributed by atoms with Crippen LogP contribution in [0.5, 0.6) is 5.75 Å². The van der Waals surface area contributed by atoms with Crippen molar-refractivity contribution in [2.75, 3.05) is 19.0 Å². The summed E-state index contributed by atoms with van der Waals surface area (Å²) in [5.41, 5.74) is 3.23. The number of carbonyl (C=O) groups is 2. The van der Waals surface area contributed by atoms with E-state index in [-0.39, 0.29) is 11.8 Å². The lowest BCUT2D eigenvalue weighted by atomic mass is 10.1. The SMILES string of the molecule is CCC(=O)Nc1cc(C(=O)NCCc2cccc(OC)c2)ccc1C. The van der Waals surface area contributed by atoms with Gasteiger partial charge in [-0.2, -0.15) is 0 Å². The van der Waals surface area contributed by atoms with Crippen LogP contribution in [0.2, 0.25) is 0 Å². The molecule has 0 bridgehead atoms. The Balaban J connectivity index is 1.96. The van der Waals surface area contributed by atoms with Crippen molar-refractivity contribution in [2.45, 2.75) is 26.7 Å². The molecule has 0 unspecified atom stereocenters. The fourth-order valence-electron chi connectivity index (χ4n) is 2.39. The van der Waals surface area contributed by atoms with Crippen molar-refractivity contribution in [3.05, 3.63) is 59.2 Å². The molecule has 0 aromatic heterocycles. The molecular weight excluding hydrogens is 316 g/mol. The molecule has 25 heavy (non-hydrogen) atoms. The second-order valence-corrected chi connectivity index (χ2v) is 5.79. The fourth-order valence-corrected chi connectivity index (χ4v) is 2.39. The number of benzene rings is 2. The first-order valence-corrected chi connectivity index (χ1v) is 8.35. The number of anilines is 1. The van der Waals surface area contributed by atoms with Gasteiger partial charge < -0.3 is 15.4 Å². The molecule has 0 aliphatic heterocycles. The monoisotopic (exact) mass is 340 g/mol. The van der Waals surface area contributed by atoms with Crippen molar-refractivity contribution >= 4 is 17.5 Å². The second-order valence-electron chi connectivity index (χ2n) is 5.79. The van der Waals surface area contributed by atoms with E-state index >= 15 is 0 Å². The Bertz CT molecular complexity index is 756. The molecular formula is C20H24N2O3. The van der Waals surface area contributed by atoms with Gasteiger partial charge in [-0.3, -0.25) is 9.59 Å². The minimum Gasteiger partial charge on any atom is -0.497 e. The number of ether oxygens (including phenoxy) is 1. The van der Waals surface area contributed by atoms with Crippen LogP contribution in [0.15, 0.2) is 42.5 Å². The number of aryl methyl sites for hydroxylation is 1. The van der Waals surface area contributed by atoms with Crippen LogP contribution >= 0.6 is 0 Å². The number of amides is 2. The van der Waals surface area contributed by atoms with E-state index in [1.165, 1.54) is 0 Å². The molecule has 0 heterocycles. The van der Waals surface area contributed by atoms with E-state index < -0.39 is 0 Å². The van der Waals surface area contributed by atoms with Gasteiger partial charge in [0, 0.05) is 24.2 Å². The largest absolute Gasteiger partial charge is 0.497 e. The predicted molar refractivity (Wildman–Crippen MR) is 99.1 cm³/mol. The Morgan fingerprint density at radius 1 is 1.12 bits per heavy atom. The summed E-state index contributed by atoms with van der Waals surface area (Å²) < 4.78 is 5.19. The first-order valence-electron chi connectivity index (χ1n) is 8.35. The summed E-state index contributed by atoms with van der Waals surface area (Å²) in [6.45, 7) is 4.21. The number of hydrogen-bond donors (Lipinski definition) is 2. The van der Waals surface area contributed by atoms with Crippen LogP contribution in [-0.2, 0) is 11.2 Å². The molecule has 2 N–H and O–H groups in total. The van der Waals surface area contributed by atoms with Crippen LogP contribution in [0.3, 0.4) is 0 Å². The predicted octanol–water partition coefficient (Wildman–Crippen LogP) is 3.32. The highest BCUT2D eigenvalue weighted by atomic mass is 16.5. The Labute approximate surface area is 148 Å². The van der Waals surface area contributed by atoms with Gasteiger partial charge in [-0.15, -0.1) is 0 Å². The summed E-state index contributed by atoms with van der Waals surface area (Å²) in [7, 11) is 1.63. The zero-order valence-corrected chi connectivity index (χ0v) is 14.9. The van der Waals surface area contributed by atoms with Gasteiger partial charge in [0.15, 0.2) is 0 Å². The van der Waals surface area contributed by atoms with Crippen LogP contribution in [0.25, 0.3) is 0 Å². The molecule has 5 heteroatoms. The third-order valence-electron chi connectivity index (χ3n) is 3.93. The van der Waals surface area contributed by atoms with Crippen molar-refractivity contribution in [3.8, 4) is 5.75 Å². The van der Waals surface area contributed by atoms with Crippen molar-refractivity contribution in [3.63, 3.8) is 0 Å². The lowest BCUT2D eigenvalue weighted by Crippen LogP contribution is -2.26. The van der Waals surface area contributed by atoms with E-state index in [1.54, 1.807) is 26.2 Å². The second kappa shape index (κ2) is 8.87. The summed E-state index contributed by atoms with van der Waals surface area (Å²) >= 11 is 0. The first kappa shape index (κ1) is 18.5. The minimum atomic E-state index is -0.158. The van der Waals surface area contributed by atoms with E-state index in [0.717, 1.165) is 16.9 Å². The fraction of sp³-hybridized carbons (Fsp3) is 0.300. The van der Waals surface area contributed by atoms with Gasteiger partial charge in [0.05, 0.1) is 7.11 Å². The van der Waals surface area contributed by atoms with Crippen LogP contribution in [0.1, 0.15) is 34.8 Å². The lowest BCUT2D eigenvalue weighted by Gasteiger charge is -2.11. The van der Waals surface area contributed by atoms with E-state index in [1.807, 2.05) is 37.3 Å². The molecule has 2 aromatic carbocycles. The summed E-state index contributed by atoms with van der Waals surface area (Å²) in [5, 5.41) is 5.72. The molecule has 0 saturated heterocycles. The van der Waals surface area contributed by atoms with Gasteiger partial charge >= 0.3 is 0 Å². The standard InChI is InChI=1S/C20H24N2O3/c1-4-19(23)22-18-13-16(9-8-14(18)2)20(24)21-11-10-15-6-5-7-17(12-15)25-3/h5-9,12-13H,4,10-11H2,1-3H3,(H,21,24)(H,22,23). The van der Waals surface area contributed by atoms with Gasteiger partial charge in [0.25, 0.3) is 5.91 Å². The Kier molecular flexibility index (Phi) is 6.57. The number of nitrogens with one attached hydrogen (secondary N) is 2. The van der Waals surface area contributed by atoms with E-state index in [9.17, 15) is 9.59 Å². The molecule has 5 nitrogen and oxygen atoms in total. The van der Waals surface area contributed by atoms with Crippen molar-refractivity contribution < 1.29 is 14.3 Å². The smallest absolute Gasteiger partial charge is 0.251 e. The Hall–Kier alpha value is -2.82. The molecule has 0 atom stereocenters. The van der Waals surface area contributed by atoms with Crippen molar-refractivity contribution in [1.29, 1.82) is 0 Å². The molecule has 2 amide bonds. The zero-order chi connectivity index (χ0) is 18.2. The van der Waals surface area contributed by atoms with Crippen LogP contribution < -0.4 is 15.4 Å². The molecule has 0 saturated carbocycles. The maximum Gasteiger partial charge on any atom is 0.251 e. The number of methoxy groups -OCH3 is 1. The highest BCUT2D eigenvalue weighted by molar-refractivity contribution is 5.97. The summed E-state index contributed by atoms with van der Waals surface area (Å²) in [6, 6.07) is 13.1. The maximum absolute atomic E-state index is 12.3. The normalized spacial score (nSPS) is 10.2. The zero-order valence-electron chi connectivity index (χ0n) is 14.9. The van der Waals surface area contributed by atoms with Gasteiger partial charge in [0.1, 0.15) is 5.75 Å². The minimum absolute atomic E-state index is 0.0707. The first-order chi connectivity index (χ1) is 12.0. The van der Waals surface area contributed by atoms with Gasteiger partial charge in [-0.25, -0.2) is 0 Å². The summed E-state index contributed by atoms with van der Waals surface area (Å²) in [5.74, 6) is 0.576. The van der Waals surface area contributed by atoms with Gasteiger partial charge in [0.2, 0.25) is 5.91 Å². The molecule has 2 aromatic rings. The van der Waals surface area contributed by atoms with Crippen LogP contribution in [-0.4, -0.2) is 25.5 Å². The summed E-state index contributed by atoms with van der Waals surface area (Å²) in [6.07, 6.45) is 1.12. The molecule has 0 aliphatic rings. The highest BCUT2D eigenvalue weighted by Crippen LogP contribution is 2.17. The van der Waals surface area contributed by atoms with Crippen LogP contribution in [0.4, 0.5) is 5.69 Å². The molecule has 0 fully saturated rings. The van der Waals surface area contributed by atoms with E-state index in [2.05, 4.69) is 10.6 Å². The number of hydrogen-bond acceptors (Lipinski definition) is 3. The van der Waals surface area contributed by atoms with E-state index in [4.69, 9.17) is 4.74 Å². The number of carbonyl (C=O) groups excluding carboxylic acids is 2. The molecule has 0 spiro atoms. The summed E-state index contributed by atoms with van der Waals surface area (Å²) in [4.78, 5) is 23.9.